The summed E-state index contributed by atoms with van der Waals surface area (Å²) in [4.78, 5) is 0. The van der Waals surface area contributed by atoms with E-state index in [-0.39, 0.29) is 6.04 Å². The molecule has 2 nitrogen and oxygen atoms in total. The van der Waals surface area contributed by atoms with Crippen molar-refractivity contribution in [3.05, 3.63) is 33.8 Å². The summed E-state index contributed by atoms with van der Waals surface area (Å²) in [6.07, 6.45) is 2.84. The molecule has 1 aromatic rings. The third kappa shape index (κ3) is 2.35. The van der Waals surface area contributed by atoms with Crippen LogP contribution in [0.4, 0.5) is 0 Å². The minimum atomic E-state index is -0.481. The predicted molar refractivity (Wildman–Crippen MR) is 66.7 cm³/mol. The van der Waals surface area contributed by atoms with Crippen LogP contribution >= 0.6 is 23.2 Å². The van der Waals surface area contributed by atoms with Crippen molar-refractivity contribution in [3.8, 4) is 0 Å². The summed E-state index contributed by atoms with van der Waals surface area (Å²) in [6.45, 7) is 0. The molecule has 2 rings (SSSR count). The second-order valence-electron chi connectivity index (χ2n) is 4.38. The SMILES string of the molecule is N[C@@H](c1ccc(Cl)c(Cl)c1)[C@H](O)C1CCC1. The molecule has 0 radical (unpaired) electrons. The quantitative estimate of drug-likeness (QED) is 0.876. The van der Waals surface area contributed by atoms with E-state index >= 15 is 0 Å². The smallest absolute Gasteiger partial charge is 0.0760 e. The second kappa shape index (κ2) is 4.92. The third-order valence-electron chi connectivity index (χ3n) is 3.33. The molecule has 0 unspecified atom stereocenters. The minimum Gasteiger partial charge on any atom is -0.391 e. The number of halogens is 2. The van der Waals surface area contributed by atoms with Crippen molar-refractivity contribution in [1.82, 2.24) is 0 Å². The standard InChI is InChI=1S/C12H15Cl2NO/c13-9-5-4-8(6-10(9)14)11(15)12(16)7-2-1-3-7/h4-7,11-12,16H,1-3,15H2/t11-,12+/m0/s1. The lowest BCUT2D eigenvalue weighted by atomic mass is 9.77. The number of aliphatic hydroxyl groups excluding tert-OH is 1. The molecule has 0 saturated heterocycles. The summed E-state index contributed by atoms with van der Waals surface area (Å²) in [5.41, 5.74) is 6.86. The first-order chi connectivity index (χ1) is 7.59. The van der Waals surface area contributed by atoms with Gasteiger partial charge in [-0.2, -0.15) is 0 Å². The molecule has 3 N–H and O–H groups in total. The zero-order chi connectivity index (χ0) is 11.7. The van der Waals surface area contributed by atoms with Gasteiger partial charge in [0.25, 0.3) is 0 Å². The molecule has 0 amide bonds. The van der Waals surface area contributed by atoms with Gasteiger partial charge in [0.05, 0.1) is 22.2 Å². The van der Waals surface area contributed by atoms with E-state index in [0.717, 1.165) is 18.4 Å². The molecule has 0 spiro atoms. The van der Waals surface area contributed by atoms with E-state index in [1.807, 2.05) is 6.07 Å². The zero-order valence-corrected chi connectivity index (χ0v) is 10.4. The Kier molecular flexibility index (Phi) is 3.75. The molecule has 1 aromatic carbocycles. The van der Waals surface area contributed by atoms with Crippen molar-refractivity contribution in [2.75, 3.05) is 0 Å². The maximum absolute atomic E-state index is 10.1. The Morgan fingerprint density at radius 2 is 1.94 bits per heavy atom. The van der Waals surface area contributed by atoms with Crippen LogP contribution in [0.1, 0.15) is 30.9 Å². The van der Waals surface area contributed by atoms with Crippen LogP contribution in [0.3, 0.4) is 0 Å². The van der Waals surface area contributed by atoms with E-state index in [4.69, 9.17) is 28.9 Å². The summed E-state index contributed by atoms with van der Waals surface area (Å²) in [5.74, 6) is 0.337. The first kappa shape index (κ1) is 12.2. The van der Waals surface area contributed by atoms with Crippen molar-refractivity contribution in [2.24, 2.45) is 11.7 Å². The number of aliphatic hydroxyl groups is 1. The van der Waals surface area contributed by atoms with Gasteiger partial charge in [-0.25, -0.2) is 0 Å². The number of hydrogen-bond acceptors (Lipinski definition) is 2. The molecule has 4 heteroatoms. The largest absolute Gasteiger partial charge is 0.391 e. The van der Waals surface area contributed by atoms with Crippen LogP contribution in [-0.2, 0) is 0 Å². The van der Waals surface area contributed by atoms with Crippen LogP contribution in [0.5, 0.6) is 0 Å². The first-order valence-electron chi connectivity index (χ1n) is 5.48. The van der Waals surface area contributed by atoms with Crippen LogP contribution in [0, 0.1) is 5.92 Å². The van der Waals surface area contributed by atoms with Crippen LogP contribution in [0.2, 0.25) is 10.0 Å². The highest BCUT2D eigenvalue weighted by Crippen LogP contribution is 2.35. The number of rotatable bonds is 3. The molecular weight excluding hydrogens is 245 g/mol. The van der Waals surface area contributed by atoms with Crippen LogP contribution in [0.15, 0.2) is 18.2 Å². The molecule has 1 aliphatic carbocycles. The van der Waals surface area contributed by atoms with Crippen molar-refractivity contribution in [1.29, 1.82) is 0 Å². The molecule has 1 aliphatic rings. The summed E-state index contributed by atoms with van der Waals surface area (Å²) in [7, 11) is 0. The van der Waals surface area contributed by atoms with Crippen molar-refractivity contribution in [2.45, 2.75) is 31.4 Å². The molecule has 0 aliphatic heterocycles. The van der Waals surface area contributed by atoms with Crippen LogP contribution < -0.4 is 5.73 Å². The fourth-order valence-electron chi connectivity index (χ4n) is 1.99. The fourth-order valence-corrected chi connectivity index (χ4v) is 2.30. The van der Waals surface area contributed by atoms with Gasteiger partial charge in [0, 0.05) is 0 Å². The van der Waals surface area contributed by atoms with E-state index < -0.39 is 6.10 Å². The van der Waals surface area contributed by atoms with Gasteiger partial charge in [0.1, 0.15) is 0 Å². The molecule has 0 bridgehead atoms. The monoisotopic (exact) mass is 259 g/mol. The number of benzene rings is 1. The average Bonchev–Trinajstić information content (AvgIpc) is 2.18. The highest BCUT2D eigenvalue weighted by Gasteiger charge is 2.30. The molecule has 1 fully saturated rings. The Morgan fingerprint density at radius 3 is 2.44 bits per heavy atom. The van der Waals surface area contributed by atoms with Gasteiger partial charge in [0.15, 0.2) is 0 Å². The summed E-state index contributed by atoms with van der Waals surface area (Å²) < 4.78 is 0. The minimum absolute atomic E-state index is 0.337. The van der Waals surface area contributed by atoms with Gasteiger partial charge in [-0.1, -0.05) is 35.7 Å². The summed E-state index contributed by atoms with van der Waals surface area (Å²) >= 11 is 11.8. The molecular formula is C12H15Cl2NO. The van der Waals surface area contributed by atoms with E-state index in [2.05, 4.69) is 0 Å². The van der Waals surface area contributed by atoms with Gasteiger partial charge >= 0.3 is 0 Å². The van der Waals surface area contributed by atoms with Gasteiger partial charge in [0.2, 0.25) is 0 Å². The lowest BCUT2D eigenvalue weighted by Crippen LogP contribution is -2.36. The van der Waals surface area contributed by atoms with Gasteiger partial charge in [-0.15, -0.1) is 0 Å². The molecule has 0 heterocycles. The van der Waals surface area contributed by atoms with E-state index in [9.17, 15) is 5.11 Å². The van der Waals surface area contributed by atoms with Gasteiger partial charge in [-0.05, 0) is 36.5 Å². The van der Waals surface area contributed by atoms with Crippen LogP contribution in [0.25, 0.3) is 0 Å². The maximum Gasteiger partial charge on any atom is 0.0760 e. The molecule has 0 aromatic heterocycles. The molecule has 16 heavy (non-hydrogen) atoms. The summed E-state index contributed by atoms with van der Waals surface area (Å²) in [6, 6.07) is 4.89. The molecule has 1 saturated carbocycles. The Bertz CT molecular complexity index is 379. The summed E-state index contributed by atoms with van der Waals surface area (Å²) in [5, 5.41) is 11.0. The molecule has 88 valence electrons. The Labute approximate surface area is 105 Å². The Hall–Kier alpha value is -0.280. The highest BCUT2D eigenvalue weighted by molar-refractivity contribution is 6.42. The van der Waals surface area contributed by atoms with Crippen molar-refractivity contribution >= 4 is 23.2 Å². The third-order valence-corrected chi connectivity index (χ3v) is 4.07. The van der Waals surface area contributed by atoms with E-state index in [1.165, 1.54) is 6.42 Å². The van der Waals surface area contributed by atoms with E-state index in [1.54, 1.807) is 12.1 Å². The van der Waals surface area contributed by atoms with Crippen molar-refractivity contribution < 1.29 is 5.11 Å². The fraction of sp³-hybridized carbons (Fsp3) is 0.500. The Morgan fingerprint density at radius 1 is 1.25 bits per heavy atom. The Balaban J connectivity index is 2.12. The number of nitrogens with two attached hydrogens (primary N) is 1. The lowest BCUT2D eigenvalue weighted by molar-refractivity contribution is 0.0414. The topological polar surface area (TPSA) is 46.2 Å². The average molecular weight is 260 g/mol. The van der Waals surface area contributed by atoms with E-state index in [0.29, 0.717) is 16.0 Å². The molecule has 2 atom stereocenters. The normalized spacial score (nSPS) is 20.2. The first-order valence-corrected chi connectivity index (χ1v) is 6.24. The maximum atomic E-state index is 10.1. The van der Waals surface area contributed by atoms with Crippen LogP contribution in [-0.4, -0.2) is 11.2 Å². The van der Waals surface area contributed by atoms with Crippen molar-refractivity contribution in [3.63, 3.8) is 0 Å². The van der Waals surface area contributed by atoms with Gasteiger partial charge < -0.3 is 10.8 Å². The highest BCUT2D eigenvalue weighted by atomic mass is 35.5. The predicted octanol–water partition coefficient (Wildman–Crippen LogP) is 3.15. The number of hydrogen-bond donors (Lipinski definition) is 2. The van der Waals surface area contributed by atoms with Gasteiger partial charge in [-0.3, -0.25) is 0 Å². The second-order valence-corrected chi connectivity index (χ2v) is 5.20. The zero-order valence-electron chi connectivity index (χ0n) is 8.87. The lowest BCUT2D eigenvalue weighted by Gasteiger charge is -2.33.